The van der Waals surface area contributed by atoms with Crippen molar-refractivity contribution < 1.29 is 0 Å². The maximum absolute atomic E-state index is 4.86. The predicted molar refractivity (Wildman–Crippen MR) is 131 cm³/mol. The van der Waals surface area contributed by atoms with E-state index in [1.54, 1.807) is 0 Å². The highest BCUT2D eigenvalue weighted by Gasteiger charge is 2.20. The molecule has 1 saturated heterocycles. The topological polar surface area (TPSA) is 57.5 Å². The number of hydrogen-bond donors (Lipinski definition) is 2. The van der Waals surface area contributed by atoms with Gasteiger partial charge in [-0.05, 0) is 50.0 Å². The summed E-state index contributed by atoms with van der Waals surface area (Å²) in [5, 5.41) is 11.3. The Morgan fingerprint density at radius 1 is 1.14 bits per heavy atom. The minimum atomic E-state index is 0. The Bertz CT molecular complexity index is 731. The molecule has 160 valence electrons. The van der Waals surface area contributed by atoms with E-state index in [4.69, 9.17) is 4.99 Å². The monoisotopic (exact) mass is 510 g/mol. The fraction of sp³-hybridized carbons (Fsp3) is 0.545. The van der Waals surface area contributed by atoms with Gasteiger partial charge in [0, 0.05) is 31.5 Å². The Kier molecular flexibility index (Phi) is 10.5. The molecule has 1 aliphatic heterocycles. The third-order valence-corrected chi connectivity index (χ3v) is 5.42. The molecule has 1 aromatic heterocycles. The average molecular weight is 510 g/mol. The summed E-state index contributed by atoms with van der Waals surface area (Å²) in [6.45, 7) is 9.97. The number of aliphatic imine (C=N–C) groups is 1. The van der Waals surface area contributed by atoms with Gasteiger partial charge in [-0.25, -0.2) is 4.99 Å². The fourth-order valence-corrected chi connectivity index (χ4v) is 3.86. The molecular weight excluding hydrogens is 475 g/mol. The van der Waals surface area contributed by atoms with Crippen molar-refractivity contribution in [3.8, 4) is 0 Å². The second kappa shape index (κ2) is 12.8. The van der Waals surface area contributed by atoms with Crippen LogP contribution in [-0.4, -0.2) is 52.9 Å². The zero-order chi connectivity index (χ0) is 19.6. The first kappa shape index (κ1) is 23.7. The number of nitrogens with zero attached hydrogens (tertiary/aromatic N) is 4. The fourth-order valence-electron chi connectivity index (χ4n) is 3.86. The number of guanidine groups is 1. The molecule has 0 radical (unpaired) electrons. The van der Waals surface area contributed by atoms with Crippen molar-refractivity contribution >= 4 is 29.9 Å². The second-order valence-electron chi connectivity index (χ2n) is 7.33. The van der Waals surface area contributed by atoms with Crippen LogP contribution in [0.2, 0.25) is 0 Å². The summed E-state index contributed by atoms with van der Waals surface area (Å²) in [5.41, 5.74) is 2.50. The maximum Gasteiger partial charge on any atom is 0.191 e. The van der Waals surface area contributed by atoms with Gasteiger partial charge in [0.05, 0.1) is 13.1 Å². The molecule has 0 spiro atoms. The van der Waals surface area contributed by atoms with Crippen LogP contribution >= 0.6 is 24.0 Å². The van der Waals surface area contributed by atoms with E-state index in [0.29, 0.717) is 12.6 Å². The molecule has 29 heavy (non-hydrogen) atoms. The van der Waals surface area contributed by atoms with Gasteiger partial charge in [-0.2, -0.15) is 5.10 Å². The highest BCUT2D eigenvalue weighted by atomic mass is 127. The van der Waals surface area contributed by atoms with Crippen molar-refractivity contribution in [2.75, 3.05) is 26.2 Å². The lowest BCUT2D eigenvalue weighted by atomic mass is 10.0. The van der Waals surface area contributed by atoms with Crippen LogP contribution in [0.4, 0.5) is 0 Å². The lowest BCUT2D eigenvalue weighted by Crippen LogP contribution is -2.49. The van der Waals surface area contributed by atoms with Gasteiger partial charge in [-0.1, -0.05) is 37.6 Å². The molecule has 6 nitrogen and oxygen atoms in total. The van der Waals surface area contributed by atoms with Crippen LogP contribution in [0.5, 0.6) is 0 Å². The normalized spacial score (nSPS) is 17.6. The van der Waals surface area contributed by atoms with Gasteiger partial charge in [-0.3, -0.25) is 9.58 Å². The summed E-state index contributed by atoms with van der Waals surface area (Å²) in [4.78, 5) is 7.44. The summed E-state index contributed by atoms with van der Waals surface area (Å²) in [7, 11) is 0. The number of rotatable bonds is 8. The van der Waals surface area contributed by atoms with E-state index in [0.717, 1.165) is 32.1 Å². The lowest BCUT2D eigenvalue weighted by Gasteiger charge is -2.35. The smallest absolute Gasteiger partial charge is 0.191 e. The van der Waals surface area contributed by atoms with E-state index in [1.807, 2.05) is 23.1 Å². The average Bonchev–Trinajstić information content (AvgIpc) is 3.24. The van der Waals surface area contributed by atoms with E-state index < -0.39 is 0 Å². The number of likely N-dealkylation sites (tertiary alicyclic amines) is 1. The van der Waals surface area contributed by atoms with Gasteiger partial charge in [0.25, 0.3) is 0 Å². The van der Waals surface area contributed by atoms with Crippen LogP contribution in [0, 0.1) is 0 Å². The van der Waals surface area contributed by atoms with E-state index in [-0.39, 0.29) is 24.0 Å². The molecule has 0 aliphatic carbocycles. The molecule has 7 heteroatoms. The Morgan fingerprint density at radius 2 is 1.97 bits per heavy atom. The quantitative estimate of drug-likeness (QED) is 0.325. The molecule has 1 aliphatic rings. The van der Waals surface area contributed by atoms with Gasteiger partial charge in [0.1, 0.15) is 0 Å². The third-order valence-electron chi connectivity index (χ3n) is 5.42. The zero-order valence-corrected chi connectivity index (χ0v) is 20.0. The molecule has 1 atom stereocenters. The van der Waals surface area contributed by atoms with E-state index in [9.17, 15) is 0 Å². The van der Waals surface area contributed by atoms with Crippen LogP contribution in [0.3, 0.4) is 0 Å². The Morgan fingerprint density at radius 3 is 2.69 bits per heavy atom. The highest BCUT2D eigenvalue weighted by Crippen LogP contribution is 2.16. The van der Waals surface area contributed by atoms with Gasteiger partial charge in [0.15, 0.2) is 5.96 Å². The number of halogens is 1. The van der Waals surface area contributed by atoms with Gasteiger partial charge in [-0.15, -0.1) is 24.0 Å². The summed E-state index contributed by atoms with van der Waals surface area (Å²) >= 11 is 0. The lowest BCUT2D eigenvalue weighted by molar-refractivity contribution is 0.157. The molecule has 2 heterocycles. The van der Waals surface area contributed by atoms with E-state index in [1.165, 1.54) is 36.9 Å². The van der Waals surface area contributed by atoms with Crippen molar-refractivity contribution in [2.24, 2.45) is 4.99 Å². The standard InChI is InChI=1S/C22H34N6.HI/c1-3-23-22(25-17-21-12-7-8-14-27(21)4-2)24-16-19-10-5-6-11-20(19)18-28-15-9-13-26-28;/h5-6,9-11,13,15,21H,3-4,7-8,12,14,16-18H2,1-2H3,(H2,23,24,25);1H. The Labute approximate surface area is 192 Å². The van der Waals surface area contributed by atoms with Crippen LogP contribution in [0.15, 0.2) is 47.7 Å². The largest absolute Gasteiger partial charge is 0.357 e. The Hall–Kier alpha value is -1.61. The van der Waals surface area contributed by atoms with Crippen molar-refractivity contribution in [1.29, 1.82) is 0 Å². The van der Waals surface area contributed by atoms with Gasteiger partial charge >= 0.3 is 0 Å². The van der Waals surface area contributed by atoms with Crippen molar-refractivity contribution in [3.63, 3.8) is 0 Å². The van der Waals surface area contributed by atoms with E-state index >= 15 is 0 Å². The minimum absolute atomic E-state index is 0. The Balaban J connectivity index is 0.00000300. The molecule has 2 aromatic rings. The molecule has 0 amide bonds. The minimum Gasteiger partial charge on any atom is -0.357 e. The molecule has 1 fully saturated rings. The first-order chi connectivity index (χ1) is 13.8. The number of hydrogen-bond acceptors (Lipinski definition) is 3. The molecule has 2 N–H and O–H groups in total. The zero-order valence-electron chi connectivity index (χ0n) is 17.7. The molecule has 1 unspecified atom stereocenters. The second-order valence-corrected chi connectivity index (χ2v) is 7.33. The number of nitrogens with one attached hydrogen (secondary N) is 2. The molecule has 0 saturated carbocycles. The number of likely N-dealkylation sites (N-methyl/N-ethyl adjacent to an activating group) is 1. The number of piperidine rings is 1. The number of aromatic nitrogens is 2. The van der Waals surface area contributed by atoms with Gasteiger partial charge in [0.2, 0.25) is 0 Å². The summed E-state index contributed by atoms with van der Waals surface area (Å²) in [5.74, 6) is 0.901. The van der Waals surface area contributed by atoms with Crippen LogP contribution in [0.1, 0.15) is 44.2 Å². The van der Waals surface area contributed by atoms with Crippen LogP contribution in [-0.2, 0) is 13.1 Å². The van der Waals surface area contributed by atoms with Crippen LogP contribution in [0.25, 0.3) is 0 Å². The first-order valence-electron chi connectivity index (χ1n) is 10.6. The van der Waals surface area contributed by atoms with Gasteiger partial charge < -0.3 is 10.6 Å². The highest BCUT2D eigenvalue weighted by molar-refractivity contribution is 14.0. The third kappa shape index (κ3) is 7.29. The van der Waals surface area contributed by atoms with Crippen LogP contribution < -0.4 is 10.6 Å². The molecular formula is C22H35IN6. The maximum atomic E-state index is 4.86. The summed E-state index contributed by atoms with van der Waals surface area (Å²) in [6, 6.07) is 11.0. The molecule has 0 bridgehead atoms. The SMILES string of the molecule is CCNC(=NCc1ccccc1Cn1cccn1)NCC1CCCCN1CC.I. The van der Waals surface area contributed by atoms with Crippen molar-refractivity contribution in [1.82, 2.24) is 25.3 Å². The van der Waals surface area contributed by atoms with Crippen molar-refractivity contribution in [3.05, 3.63) is 53.9 Å². The molecule has 3 rings (SSSR count). The summed E-state index contributed by atoms with van der Waals surface area (Å²) in [6.07, 6.45) is 7.74. The number of benzene rings is 1. The summed E-state index contributed by atoms with van der Waals surface area (Å²) < 4.78 is 1.95. The first-order valence-corrected chi connectivity index (χ1v) is 10.6. The predicted octanol–water partition coefficient (Wildman–Crippen LogP) is 3.48. The van der Waals surface area contributed by atoms with Crippen molar-refractivity contribution in [2.45, 2.75) is 52.2 Å². The van der Waals surface area contributed by atoms with E-state index in [2.05, 4.69) is 58.7 Å². The molecule has 1 aromatic carbocycles.